The van der Waals surface area contributed by atoms with Gasteiger partial charge in [0.05, 0.1) is 13.2 Å². The van der Waals surface area contributed by atoms with Crippen molar-refractivity contribution in [3.63, 3.8) is 0 Å². The number of piperazine rings is 1. The molecule has 21 heavy (non-hydrogen) atoms. The van der Waals surface area contributed by atoms with Crippen LogP contribution in [0.4, 0.5) is 4.79 Å². The Balaban J connectivity index is 1.45. The highest BCUT2D eigenvalue weighted by molar-refractivity contribution is 5.69. The minimum atomic E-state index is -0.409. The lowest BCUT2D eigenvalue weighted by molar-refractivity contribution is -0.0735. The Morgan fingerprint density at radius 3 is 2.48 bits per heavy atom. The summed E-state index contributed by atoms with van der Waals surface area (Å²) in [5.74, 6) is 0. The van der Waals surface area contributed by atoms with E-state index in [1.807, 2.05) is 20.8 Å². The summed E-state index contributed by atoms with van der Waals surface area (Å²) >= 11 is 0. The Morgan fingerprint density at radius 2 is 1.76 bits per heavy atom. The molecule has 0 radical (unpaired) electrons. The number of morpholine rings is 1. The molecule has 0 spiro atoms. The predicted molar refractivity (Wildman–Crippen MR) is 79.3 cm³/mol. The Bertz CT molecular complexity index is 390. The lowest BCUT2D eigenvalue weighted by atomic mass is 10.0. The van der Waals surface area contributed by atoms with Crippen LogP contribution in [-0.2, 0) is 9.47 Å². The number of carbonyl (C=O) groups is 1. The smallest absolute Gasteiger partial charge is 0.410 e. The summed E-state index contributed by atoms with van der Waals surface area (Å²) in [6.07, 6.45) is -0.182. The summed E-state index contributed by atoms with van der Waals surface area (Å²) in [5.41, 5.74) is -0.409. The molecular formula is C15H27N3O3. The van der Waals surface area contributed by atoms with E-state index in [0.717, 1.165) is 52.5 Å². The first-order valence-electron chi connectivity index (χ1n) is 7.96. The molecule has 3 saturated heterocycles. The van der Waals surface area contributed by atoms with Gasteiger partial charge in [-0.15, -0.1) is 0 Å². The Hall–Kier alpha value is -0.850. The molecule has 0 bridgehead atoms. The van der Waals surface area contributed by atoms with Crippen LogP contribution >= 0.6 is 0 Å². The van der Waals surface area contributed by atoms with E-state index in [2.05, 4.69) is 9.80 Å². The Kier molecular flexibility index (Phi) is 4.12. The molecular weight excluding hydrogens is 270 g/mol. The number of likely N-dealkylation sites (tertiary alicyclic amines) is 1. The minimum Gasteiger partial charge on any atom is -0.444 e. The molecule has 0 aromatic carbocycles. The highest BCUT2D eigenvalue weighted by atomic mass is 16.6. The third-order valence-corrected chi connectivity index (χ3v) is 4.50. The average Bonchev–Trinajstić information content (AvgIpc) is 2.34. The van der Waals surface area contributed by atoms with Gasteiger partial charge in [-0.2, -0.15) is 0 Å². The molecule has 1 atom stereocenters. The van der Waals surface area contributed by atoms with Crippen LogP contribution in [-0.4, -0.2) is 91.0 Å². The van der Waals surface area contributed by atoms with Gasteiger partial charge in [-0.25, -0.2) is 4.79 Å². The van der Waals surface area contributed by atoms with E-state index in [9.17, 15) is 4.79 Å². The number of fused-ring (bicyclic) bond motifs is 1. The van der Waals surface area contributed by atoms with Gasteiger partial charge in [-0.3, -0.25) is 9.80 Å². The molecule has 3 aliphatic rings. The van der Waals surface area contributed by atoms with E-state index < -0.39 is 5.60 Å². The molecule has 0 saturated carbocycles. The Morgan fingerprint density at radius 1 is 1.05 bits per heavy atom. The maximum Gasteiger partial charge on any atom is 0.410 e. The topological polar surface area (TPSA) is 45.2 Å². The molecule has 3 fully saturated rings. The van der Waals surface area contributed by atoms with Crippen LogP contribution in [0.3, 0.4) is 0 Å². The van der Waals surface area contributed by atoms with Gasteiger partial charge in [-0.05, 0) is 20.8 Å². The lowest BCUT2D eigenvalue weighted by Crippen LogP contribution is -2.67. The number of hydrogen-bond donors (Lipinski definition) is 0. The summed E-state index contributed by atoms with van der Waals surface area (Å²) in [5, 5.41) is 0. The second-order valence-electron chi connectivity index (χ2n) is 7.30. The normalized spacial score (nSPS) is 28.9. The van der Waals surface area contributed by atoms with Crippen molar-refractivity contribution in [2.24, 2.45) is 0 Å². The van der Waals surface area contributed by atoms with Gasteiger partial charge in [0, 0.05) is 51.4 Å². The van der Waals surface area contributed by atoms with Crippen molar-refractivity contribution in [1.29, 1.82) is 0 Å². The predicted octanol–water partition coefficient (Wildman–Crippen LogP) is 0.622. The maximum atomic E-state index is 12.0. The number of hydrogen-bond acceptors (Lipinski definition) is 5. The van der Waals surface area contributed by atoms with Gasteiger partial charge < -0.3 is 14.4 Å². The van der Waals surface area contributed by atoms with E-state index in [4.69, 9.17) is 9.47 Å². The van der Waals surface area contributed by atoms with E-state index >= 15 is 0 Å². The van der Waals surface area contributed by atoms with Gasteiger partial charge in [0.1, 0.15) is 5.60 Å². The van der Waals surface area contributed by atoms with Crippen LogP contribution in [0.5, 0.6) is 0 Å². The standard InChI is InChI=1S/C15H27N3O3/c1-15(2,3)21-14(19)18-8-12(9-18)17-5-4-16-6-7-20-11-13(16)10-17/h12-13H,4-11H2,1-3H3. The largest absolute Gasteiger partial charge is 0.444 e. The Labute approximate surface area is 126 Å². The first-order valence-corrected chi connectivity index (χ1v) is 7.96. The van der Waals surface area contributed by atoms with Crippen LogP contribution in [0.15, 0.2) is 0 Å². The van der Waals surface area contributed by atoms with Crippen LogP contribution in [0, 0.1) is 0 Å². The third kappa shape index (κ3) is 3.49. The number of amides is 1. The van der Waals surface area contributed by atoms with Gasteiger partial charge in [0.15, 0.2) is 0 Å². The van der Waals surface area contributed by atoms with Gasteiger partial charge in [0.25, 0.3) is 0 Å². The summed E-state index contributed by atoms with van der Waals surface area (Å²) in [7, 11) is 0. The molecule has 6 heteroatoms. The number of nitrogens with zero attached hydrogens (tertiary/aromatic N) is 3. The first kappa shape index (κ1) is 15.1. The average molecular weight is 297 g/mol. The van der Waals surface area contributed by atoms with E-state index in [1.54, 1.807) is 4.90 Å². The second kappa shape index (κ2) is 5.74. The molecule has 3 heterocycles. The van der Waals surface area contributed by atoms with E-state index in [0.29, 0.717) is 12.1 Å². The first-order chi connectivity index (χ1) is 9.92. The van der Waals surface area contributed by atoms with Crippen molar-refractivity contribution >= 4 is 6.09 Å². The zero-order chi connectivity index (χ0) is 15.0. The summed E-state index contributed by atoms with van der Waals surface area (Å²) < 4.78 is 11.0. The monoisotopic (exact) mass is 297 g/mol. The van der Waals surface area contributed by atoms with E-state index in [1.165, 1.54) is 0 Å². The van der Waals surface area contributed by atoms with Crippen molar-refractivity contribution in [2.75, 3.05) is 52.5 Å². The van der Waals surface area contributed by atoms with Crippen molar-refractivity contribution in [1.82, 2.24) is 14.7 Å². The second-order valence-corrected chi connectivity index (χ2v) is 7.30. The van der Waals surface area contributed by atoms with Gasteiger partial charge in [0.2, 0.25) is 0 Å². The molecule has 0 aliphatic carbocycles. The molecule has 3 aliphatic heterocycles. The summed E-state index contributed by atoms with van der Waals surface area (Å²) in [6.45, 7) is 13.4. The molecule has 1 unspecified atom stereocenters. The maximum absolute atomic E-state index is 12.0. The van der Waals surface area contributed by atoms with Gasteiger partial charge >= 0.3 is 6.09 Å². The fraction of sp³-hybridized carbons (Fsp3) is 0.933. The molecule has 120 valence electrons. The number of rotatable bonds is 1. The zero-order valence-electron chi connectivity index (χ0n) is 13.4. The highest BCUT2D eigenvalue weighted by Crippen LogP contribution is 2.22. The number of carbonyl (C=O) groups excluding carboxylic acids is 1. The van der Waals surface area contributed by atoms with Crippen LogP contribution < -0.4 is 0 Å². The quantitative estimate of drug-likeness (QED) is 0.710. The highest BCUT2D eigenvalue weighted by Gasteiger charge is 2.40. The molecule has 1 amide bonds. The summed E-state index contributed by atoms with van der Waals surface area (Å²) in [6, 6.07) is 1.02. The summed E-state index contributed by atoms with van der Waals surface area (Å²) in [4.78, 5) is 18.8. The fourth-order valence-corrected chi connectivity index (χ4v) is 3.26. The van der Waals surface area contributed by atoms with Crippen LogP contribution in [0.1, 0.15) is 20.8 Å². The van der Waals surface area contributed by atoms with Crippen molar-refractivity contribution in [3.05, 3.63) is 0 Å². The zero-order valence-corrected chi connectivity index (χ0v) is 13.4. The molecule has 3 rings (SSSR count). The fourth-order valence-electron chi connectivity index (χ4n) is 3.26. The van der Waals surface area contributed by atoms with Crippen molar-refractivity contribution < 1.29 is 14.3 Å². The molecule has 0 N–H and O–H groups in total. The van der Waals surface area contributed by atoms with Gasteiger partial charge in [-0.1, -0.05) is 0 Å². The molecule has 0 aromatic heterocycles. The van der Waals surface area contributed by atoms with Crippen LogP contribution in [0.2, 0.25) is 0 Å². The van der Waals surface area contributed by atoms with Crippen LogP contribution in [0.25, 0.3) is 0 Å². The third-order valence-electron chi connectivity index (χ3n) is 4.50. The minimum absolute atomic E-state index is 0.182. The SMILES string of the molecule is CC(C)(C)OC(=O)N1CC(N2CCN3CCOCC3C2)C1. The van der Waals surface area contributed by atoms with Crippen molar-refractivity contribution in [3.8, 4) is 0 Å². The number of ether oxygens (including phenoxy) is 2. The van der Waals surface area contributed by atoms with E-state index in [-0.39, 0.29) is 6.09 Å². The van der Waals surface area contributed by atoms with Crippen molar-refractivity contribution in [2.45, 2.75) is 38.5 Å². The molecule has 0 aromatic rings. The lowest BCUT2D eigenvalue weighted by Gasteiger charge is -2.51. The molecule has 6 nitrogen and oxygen atoms in total.